The second kappa shape index (κ2) is 6.09. The van der Waals surface area contributed by atoms with Crippen molar-refractivity contribution in [1.29, 1.82) is 0 Å². The molecule has 0 radical (unpaired) electrons. The molecule has 0 spiro atoms. The Kier molecular flexibility index (Phi) is 4.46. The summed E-state index contributed by atoms with van der Waals surface area (Å²) < 4.78 is 6.08. The highest BCUT2D eigenvalue weighted by atomic mass is 35.5. The van der Waals surface area contributed by atoms with E-state index in [0.717, 1.165) is 31.0 Å². The minimum Gasteiger partial charge on any atom is -0.457 e. The number of rotatable bonds is 0. The van der Waals surface area contributed by atoms with Crippen LogP contribution in [-0.2, 0) is 13.0 Å². The summed E-state index contributed by atoms with van der Waals surface area (Å²) in [5, 5.41) is 0. The second-order valence-corrected chi connectivity index (χ2v) is 4.81. The van der Waals surface area contributed by atoms with E-state index < -0.39 is 0 Å². The molecule has 2 aromatic rings. The molecule has 0 N–H and O–H groups in total. The minimum absolute atomic E-state index is 0. The van der Waals surface area contributed by atoms with Gasteiger partial charge in [0.15, 0.2) is 0 Å². The maximum Gasteiger partial charge on any atom is 0.131 e. The standard InChI is InChI=1S/C16H17NO.ClH/c1-17-11-10-13-6-2-4-8-15(13)18-16-9-5-3-7-14(16)12-17;/h2-9H,10-12H2,1H3;1H. The van der Waals surface area contributed by atoms with E-state index in [1.807, 2.05) is 18.2 Å². The SMILES string of the molecule is CN1CCc2ccccc2Oc2ccccc2C1.Cl. The van der Waals surface area contributed by atoms with Crippen LogP contribution in [0.3, 0.4) is 0 Å². The average molecular weight is 276 g/mol. The van der Waals surface area contributed by atoms with Gasteiger partial charge in [-0.1, -0.05) is 36.4 Å². The monoisotopic (exact) mass is 275 g/mol. The molecular formula is C16H18ClNO. The molecule has 1 heterocycles. The number of fused-ring (bicyclic) bond motifs is 2. The molecule has 100 valence electrons. The Morgan fingerprint density at radius 3 is 2.21 bits per heavy atom. The number of benzene rings is 2. The molecule has 1 aliphatic rings. The van der Waals surface area contributed by atoms with E-state index in [-0.39, 0.29) is 12.4 Å². The second-order valence-electron chi connectivity index (χ2n) is 4.81. The molecule has 1 aliphatic heterocycles. The van der Waals surface area contributed by atoms with Crippen LogP contribution in [0.4, 0.5) is 0 Å². The van der Waals surface area contributed by atoms with Crippen LogP contribution in [0.5, 0.6) is 11.5 Å². The molecule has 0 aromatic heterocycles. The molecule has 2 aromatic carbocycles. The summed E-state index contributed by atoms with van der Waals surface area (Å²) in [4.78, 5) is 2.34. The Morgan fingerprint density at radius 1 is 0.895 bits per heavy atom. The molecule has 2 nitrogen and oxygen atoms in total. The van der Waals surface area contributed by atoms with Crippen molar-refractivity contribution in [1.82, 2.24) is 4.90 Å². The van der Waals surface area contributed by atoms with Crippen LogP contribution in [-0.4, -0.2) is 18.5 Å². The van der Waals surface area contributed by atoms with Crippen LogP contribution in [0.25, 0.3) is 0 Å². The summed E-state index contributed by atoms with van der Waals surface area (Å²) in [6, 6.07) is 16.6. The van der Waals surface area contributed by atoms with Gasteiger partial charge in [-0.2, -0.15) is 0 Å². The predicted octanol–water partition coefficient (Wildman–Crippen LogP) is 3.89. The van der Waals surface area contributed by atoms with E-state index in [9.17, 15) is 0 Å². The summed E-state index contributed by atoms with van der Waals surface area (Å²) in [5.74, 6) is 1.96. The zero-order valence-corrected chi connectivity index (χ0v) is 11.8. The van der Waals surface area contributed by atoms with E-state index in [1.165, 1.54) is 11.1 Å². The van der Waals surface area contributed by atoms with Gasteiger partial charge in [0, 0.05) is 18.7 Å². The average Bonchev–Trinajstić information content (AvgIpc) is 2.46. The van der Waals surface area contributed by atoms with Crippen LogP contribution in [0.2, 0.25) is 0 Å². The molecule has 0 aliphatic carbocycles. The molecule has 19 heavy (non-hydrogen) atoms. The largest absolute Gasteiger partial charge is 0.457 e. The van der Waals surface area contributed by atoms with Crippen LogP contribution >= 0.6 is 12.4 Å². The number of hydrogen-bond donors (Lipinski definition) is 0. The Morgan fingerprint density at radius 2 is 1.47 bits per heavy atom. The molecule has 0 saturated heterocycles. The summed E-state index contributed by atoms with van der Waals surface area (Å²) in [6.07, 6.45) is 1.03. The molecule has 0 unspecified atom stereocenters. The third-order valence-corrected chi connectivity index (χ3v) is 3.37. The minimum atomic E-state index is 0. The van der Waals surface area contributed by atoms with Gasteiger partial charge in [0.1, 0.15) is 11.5 Å². The van der Waals surface area contributed by atoms with Crippen molar-refractivity contribution >= 4 is 12.4 Å². The van der Waals surface area contributed by atoms with Crippen molar-refractivity contribution < 1.29 is 4.74 Å². The number of likely N-dealkylation sites (N-methyl/N-ethyl adjacent to an activating group) is 1. The summed E-state index contributed by atoms with van der Waals surface area (Å²) in [6.45, 7) is 1.98. The van der Waals surface area contributed by atoms with Crippen LogP contribution in [0.15, 0.2) is 48.5 Å². The predicted molar refractivity (Wildman–Crippen MR) is 80.2 cm³/mol. The smallest absolute Gasteiger partial charge is 0.131 e. The summed E-state index contributed by atoms with van der Waals surface area (Å²) in [5.41, 5.74) is 2.53. The molecule has 3 rings (SSSR count). The first-order valence-electron chi connectivity index (χ1n) is 6.35. The fourth-order valence-electron chi connectivity index (χ4n) is 2.34. The summed E-state index contributed by atoms with van der Waals surface area (Å²) in [7, 11) is 2.16. The van der Waals surface area contributed by atoms with Gasteiger partial charge in [0.05, 0.1) is 0 Å². The number of ether oxygens (including phenoxy) is 1. The number of nitrogens with zero attached hydrogens (tertiary/aromatic N) is 1. The van der Waals surface area contributed by atoms with Gasteiger partial charge in [-0.15, -0.1) is 12.4 Å². The highest BCUT2D eigenvalue weighted by Gasteiger charge is 2.13. The molecule has 0 amide bonds. The van der Waals surface area contributed by atoms with Crippen molar-refractivity contribution in [3.63, 3.8) is 0 Å². The summed E-state index contributed by atoms with van der Waals surface area (Å²) >= 11 is 0. The van der Waals surface area contributed by atoms with Crippen molar-refractivity contribution in [3.8, 4) is 11.5 Å². The molecule has 0 fully saturated rings. The van der Waals surface area contributed by atoms with Gasteiger partial charge in [-0.25, -0.2) is 0 Å². The highest BCUT2D eigenvalue weighted by molar-refractivity contribution is 5.85. The van der Waals surface area contributed by atoms with Crippen molar-refractivity contribution in [2.45, 2.75) is 13.0 Å². The van der Waals surface area contributed by atoms with Gasteiger partial charge in [0.2, 0.25) is 0 Å². The lowest BCUT2D eigenvalue weighted by molar-refractivity contribution is 0.330. The van der Waals surface area contributed by atoms with Gasteiger partial charge < -0.3 is 9.64 Å². The first-order valence-corrected chi connectivity index (χ1v) is 6.35. The van der Waals surface area contributed by atoms with E-state index in [4.69, 9.17) is 4.74 Å². The molecule has 0 saturated carbocycles. The zero-order chi connectivity index (χ0) is 12.4. The first kappa shape index (κ1) is 13.9. The quantitative estimate of drug-likeness (QED) is 0.723. The van der Waals surface area contributed by atoms with Crippen molar-refractivity contribution in [2.75, 3.05) is 13.6 Å². The number of hydrogen-bond acceptors (Lipinski definition) is 2. The van der Waals surface area contributed by atoms with E-state index >= 15 is 0 Å². The Bertz CT molecular complexity index is 556. The van der Waals surface area contributed by atoms with Crippen molar-refractivity contribution in [2.24, 2.45) is 0 Å². The van der Waals surface area contributed by atoms with Crippen LogP contribution in [0.1, 0.15) is 11.1 Å². The van der Waals surface area contributed by atoms with E-state index in [2.05, 4.69) is 42.3 Å². The molecule has 0 bridgehead atoms. The number of halogens is 1. The number of para-hydroxylation sites is 2. The highest BCUT2D eigenvalue weighted by Crippen LogP contribution is 2.30. The Balaban J connectivity index is 0.00000133. The fourth-order valence-corrected chi connectivity index (χ4v) is 2.34. The van der Waals surface area contributed by atoms with E-state index in [0.29, 0.717) is 0 Å². The van der Waals surface area contributed by atoms with Gasteiger partial charge in [-0.3, -0.25) is 0 Å². The van der Waals surface area contributed by atoms with E-state index in [1.54, 1.807) is 0 Å². The third kappa shape index (κ3) is 3.09. The first-order chi connectivity index (χ1) is 8.83. The normalized spacial score (nSPS) is 14.8. The van der Waals surface area contributed by atoms with Crippen LogP contribution in [0, 0.1) is 0 Å². The fraction of sp³-hybridized carbons (Fsp3) is 0.250. The zero-order valence-electron chi connectivity index (χ0n) is 11.0. The topological polar surface area (TPSA) is 12.5 Å². The Hall–Kier alpha value is -1.51. The molecule has 0 atom stereocenters. The van der Waals surface area contributed by atoms with Crippen LogP contribution < -0.4 is 4.74 Å². The molecular weight excluding hydrogens is 258 g/mol. The lowest BCUT2D eigenvalue weighted by atomic mass is 10.1. The Labute approximate surface area is 120 Å². The van der Waals surface area contributed by atoms with Gasteiger partial charge >= 0.3 is 0 Å². The van der Waals surface area contributed by atoms with Gasteiger partial charge in [0.25, 0.3) is 0 Å². The van der Waals surface area contributed by atoms with Gasteiger partial charge in [-0.05, 0) is 31.2 Å². The maximum absolute atomic E-state index is 6.08. The van der Waals surface area contributed by atoms with Crippen molar-refractivity contribution in [3.05, 3.63) is 59.7 Å². The lowest BCUT2D eigenvalue weighted by Crippen LogP contribution is -2.20. The maximum atomic E-state index is 6.08. The lowest BCUT2D eigenvalue weighted by Gasteiger charge is -2.16. The molecule has 3 heteroatoms. The third-order valence-electron chi connectivity index (χ3n) is 3.37.